The van der Waals surface area contributed by atoms with E-state index in [0.717, 1.165) is 5.56 Å². The maximum absolute atomic E-state index is 6.08. The summed E-state index contributed by atoms with van der Waals surface area (Å²) < 4.78 is 21.1. The first-order chi connectivity index (χ1) is 7.76. The lowest BCUT2D eigenvalue weighted by Crippen LogP contribution is -2.00. The van der Waals surface area contributed by atoms with Crippen LogP contribution >= 0.6 is 11.6 Å². The van der Waals surface area contributed by atoms with E-state index in [1.807, 2.05) is 0 Å². The van der Waals surface area contributed by atoms with Crippen LogP contribution in [-0.4, -0.2) is 27.4 Å². The molecule has 4 nitrogen and oxygen atoms in total. The van der Waals surface area contributed by atoms with E-state index in [0.29, 0.717) is 29.7 Å². The summed E-state index contributed by atoms with van der Waals surface area (Å²) in [4.78, 5) is 0. The molecule has 88 valence electrons. The van der Waals surface area contributed by atoms with Gasteiger partial charge >= 0.3 is 0 Å². The van der Waals surface area contributed by atoms with Crippen molar-refractivity contribution in [2.45, 2.75) is 6.29 Å². The van der Waals surface area contributed by atoms with Crippen LogP contribution in [0.5, 0.6) is 11.5 Å². The Hall–Kier alpha value is -0.970. The molecule has 0 radical (unpaired) electrons. The molecule has 2 rings (SSSR count). The second-order valence-electron chi connectivity index (χ2n) is 3.31. The summed E-state index contributed by atoms with van der Waals surface area (Å²) in [5.41, 5.74) is 0.833. The Kier molecular flexibility index (Phi) is 3.53. The molecule has 1 saturated heterocycles. The highest BCUT2D eigenvalue weighted by molar-refractivity contribution is 6.32. The van der Waals surface area contributed by atoms with Crippen LogP contribution in [-0.2, 0) is 9.47 Å². The molecule has 0 amide bonds. The molecule has 0 bridgehead atoms. The zero-order valence-electron chi connectivity index (χ0n) is 9.16. The molecule has 0 aliphatic carbocycles. The van der Waals surface area contributed by atoms with Crippen molar-refractivity contribution in [3.63, 3.8) is 0 Å². The molecule has 0 spiro atoms. The Morgan fingerprint density at radius 2 is 1.88 bits per heavy atom. The molecule has 0 aromatic heterocycles. The van der Waals surface area contributed by atoms with Crippen LogP contribution in [0.3, 0.4) is 0 Å². The molecule has 1 aliphatic rings. The monoisotopic (exact) mass is 244 g/mol. The summed E-state index contributed by atoms with van der Waals surface area (Å²) in [6.07, 6.45) is -0.364. The van der Waals surface area contributed by atoms with Gasteiger partial charge in [0.25, 0.3) is 0 Å². The van der Waals surface area contributed by atoms with E-state index in [2.05, 4.69) is 0 Å². The fourth-order valence-corrected chi connectivity index (χ4v) is 1.92. The number of hydrogen-bond donors (Lipinski definition) is 0. The predicted molar refractivity (Wildman–Crippen MR) is 59.2 cm³/mol. The Bertz CT molecular complexity index is 374. The molecule has 1 aromatic rings. The fraction of sp³-hybridized carbons (Fsp3) is 0.455. The Labute approximate surface area is 99.0 Å². The second kappa shape index (κ2) is 4.91. The Morgan fingerprint density at radius 3 is 2.44 bits per heavy atom. The minimum atomic E-state index is -0.364. The lowest BCUT2D eigenvalue weighted by molar-refractivity contribution is -0.0442. The molecule has 1 aromatic carbocycles. The smallest absolute Gasteiger partial charge is 0.184 e. The van der Waals surface area contributed by atoms with Crippen LogP contribution in [0, 0.1) is 0 Å². The van der Waals surface area contributed by atoms with Crippen molar-refractivity contribution in [1.82, 2.24) is 0 Å². The van der Waals surface area contributed by atoms with Crippen LogP contribution in [0.1, 0.15) is 11.9 Å². The Morgan fingerprint density at radius 1 is 1.19 bits per heavy atom. The first-order valence-electron chi connectivity index (χ1n) is 4.91. The number of ether oxygens (including phenoxy) is 4. The lowest BCUT2D eigenvalue weighted by atomic mass is 10.2. The first kappa shape index (κ1) is 11.5. The summed E-state index contributed by atoms with van der Waals surface area (Å²) in [5.74, 6) is 1.09. The standard InChI is InChI=1S/C11H13ClO4/c1-13-9-6-7(11-15-3-4-16-11)5-8(12)10(9)14-2/h5-6,11H,3-4H2,1-2H3. The van der Waals surface area contributed by atoms with E-state index in [-0.39, 0.29) is 6.29 Å². The van der Waals surface area contributed by atoms with Crippen molar-refractivity contribution in [2.75, 3.05) is 27.4 Å². The highest BCUT2D eigenvalue weighted by Crippen LogP contribution is 2.39. The summed E-state index contributed by atoms with van der Waals surface area (Å²) in [7, 11) is 3.11. The van der Waals surface area contributed by atoms with Crippen LogP contribution in [0.4, 0.5) is 0 Å². The van der Waals surface area contributed by atoms with Gasteiger partial charge in [-0.05, 0) is 12.1 Å². The molecule has 5 heteroatoms. The molecule has 0 unspecified atom stereocenters. The van der Waals surface area contributed by atoms with E-state index < -0.39 is 0 Å². The summed E-state index contributed by atoms with van der Waals surface area (Å²) >= 11 is 6.08. The molecule has 1 heterocycles. The summed E-state index contributed by atoms with van der Waals surface area (Å²) in [5, 5.41) is 0.482. The summed E-state index contributed by atoms with van der Waals surface area (Å²) in [6.45, 7) is 1.19. The van der Waals surface area contributed by atoms with Gasteiger partial charge in [-0.15, -0.1) is 0 Å². The molecular formula is C11H13ClO4. The molecule has 0 saturated carbocycles. The number of methoxy groups -OCH3 is 2. The van der Waals surface area contributed by atoms with E-state index in [1.54, 1.807) is 26.4 Å². The minimum Gasteiger partial charge on any atom is -0.493 e. The van der Waals surface area contributed by atoms with Gasteiger partial charge in [0, 0.05) is 5.56 Å². The number of hydrogen-bond acceptors (Lipinski definition) is 4. The van der Waals surface area contributed by atoms with Crippen LogP contribution in [0.2, 0.25) is 5.02 Å². The third kappa shape index (κ3) is 2.09. The van der Waals surface area contributed by atoms with Gasteiger partial charge in [-0.2, -0.15) is 0 Å². The van der Waals surface area contributed by atoms with Gasteiger partial charge in [0.1, 0.15) is 0 Å². The SMILES string of the molecule is COc1cc(C2OCCO2)cc(Cl)c1OC. The molecule has 0 atom stereocenters. The number of rotatable bonds is 3. The quantitative estimate of drug-likeness (QED) is 0.818. The van der Waals surface area contributed by atoms with Gasteiger partial charge < -0.3 is 18.9 Å². The van der Waals surface area contributed by atoms with Gasteiger partial charge in [-0.3, -0.25) is 0 Å². The number of halogens is 1. The van der Waals surface area contributed by atoms with Crippen molar-refractivity contribution < 1.29 is 18.9 Å². The molecule has 0 N–H and O–H groups in total. The highest BCUT2D eigenvalue weighted by Gasteiger charge is 2.21. The molecule has 16 heavy (non-hydrogen) atoms. The third-order valence-corrected chi connectivity index (χ3v) is 2.63. The average molecular weight is 245 g/mol. The zero-order valence-corrected chi connectivity index (χ0v) is 9.91. The maximum Gasteiger partial charge on any atom is 0.184 e. The van der Waals surface area contributed by atoms with Gasteiger partial charge in [-0.1, -0.05) is 11.6 Å². The molecular weight excluding hydrogens is 232 g/mol. The molecule has 1 aliphatic heterocycles. The van der Waals surface area contributed by atoms with Crippen molar-refractivity contribution >= 4 is 11.6 Å². The zero-order chi connectivity index (χ0) is 11.5. The van der Waals surface area contributed by atoms with Gasteiger partial charge in [0.2, 0.25) is 0 Å². The average Bonchev–Trinajstić information content (AvgIpc) is 2.81. The normalized spacial score (nSPS) is 16.4. The topological polar surface area (TPSA) is 36.9 Å². The largest absolute Gasteiger partial charge is 0.493 e. The minimum absolute atomic E-state index is 0.364. The van der Waals surface area contributed by atoms with E-state index in [9.17, 15) is 0 Å². The summed E-state index contributed by atoms with van der Waals surface area (Å²) in [6, 6.07) is 3.57. The number of benzene rings is 1. The van der Waals surface area contributed by atoms with Crippen LogP contribution in [0.25, 0.3) is 0 Å². The maximum atomic E-state index is 6.08. The fourth-order valence-electron chi connectivity index (χ4n) is 1.62. The predicted octanol–water partition coefficient (Wildman–Crippen LogP) is 2.40. The van der Waals surface area contributed by atoms with Crippen molar-refractivity contribution in [2.24, 2.45) is 0 Å². The van der Waals surface area contributed by atoms with E-state index in [1.165, 1.54) is 0 Å². The van der Waals surface area contributed by atoms with Gasteiger partial charge in [0.15, 0.2) is 17.8 Å². The van der Waals surface area contributed by atoms with E-state index in [4.69, 9.17) is 30.5 Å². The lowest BCUT2D eigenvalue weighted by Gasteiger charge is -2.14. The third-order valence-electron chi connectivity index (χ3n) is 2.35. The molecule has 1 fully saturated rings. The van der Waals surface area contributed by atoms with Crippen LogP contribution in [0.15, 0.2) is 12.1 Å². The van der Waals surface area contributed by atoms with Gasteiger partial charge in [-0.25, -0.2) is 0 Å². The first-order valence-corrected chi connectivity index (χ1v) is 5.28. The Balaban J connectivity index is 2.36. The highest BCUT2D eigenvalue weighted by atomic mass is 35.5. The second-order valence-corrected chi connectivity index (χ2v) is 3.72. The van der Waals surface area contributed by atoms with Crippen molar-refractivity contribution in [3.05, 3.63) is 22.7 Å². The van der Waals surface area contributed by atoms with Crippen molar-refractivity contribution in [1.29, 1.82) is 0 Å². The van der Waals surface area contributed by atoms with Crippen molar-refractivity contribution in [3.8, 4) is 11.5 Å². The van der Waals surface area contributed by atoms with Gasteiger partial charge in [0.05, 0.1) is 32.5 Å². The van der Waals surface area contributed by atoms with E-state index >= 15 is 0 Å². The van der Waals surface area contributed by atoms with Crippen LogP contribution < -0.4 is 9.47 Å².